The van der Waals surface area contributed by atoms with Crippen LogP contribution in [0.15, 0.2) is 24.3 Å². The summed E-state index contributed by atoms with van der Waals surface area (Å²) in [6.45, 7) is 7.20. The summed E-state index contributed by atoms with van der Waals surface area (Å²) < 4.78 is 6.69. The number of nitrogens with zero attached hydrogens (tertiary/aromatic N) is 1. The van der Waals surface area contributed by atoms with E-state index in [9.17, 15) is 4.79 Å². The van der Waals surface area contributed by atoms with Gasteiger partial charge in [-0.1, -0.05) is 12.1 Å². The Labute approximate surface area is 138 Å². The van der Waals surface area contributed by atoms with Crippen molar-refractivity contribution in [1.82, 2.24) is 4.90 Å². The van der Waals surface area contributed by atoms with Crippen LogP contribution >= 0.6 is 34.4 Å². The first kappa shape index (κ1) is 15.9. The second-order valence-electron chi connectivity index (χ2n) is 5.84. The maximum Gasteiger partial charge on any atom is 0.410 e. The van der Waals surface area contributed by atoms with Gasteiger partial charge < -0.3 is 9.64 Å². The summed E-state index contributed by atoms with van der Waals surface area (Å²) in [5, 5.41) is 0.341. The minimum atomic E-state index is -0.431. The van der Waals surface area contributed by atoms with E-state index >= 15 is 0 Å². The molecule has 110 valence electrons. The molecular weight excluding hydrogens is 385 g/mol. The molecule has 1 fully saturated rings. The first-order valence-corrected chi connectivity index (χ1v) is 8.83. The van der Waals surface area contributed by atoms with Gasteiger partial charge in [0.05, 0.1) is 0 Å². The number of thioether (sulfide) groups is 1. The van der Waals surface area contributed by atoms with E-state index in [-0.39, 0.29) is 6.09 Å². The normalized spacial score (nSPS) is 19.8. The molecule has 1 aromatic carbocycles. The molecule has 0 saturated carbocycles. The number of carbonyl (C=O) groups is 1. The van der Waals surface area contributed by atoms with Crippen molar-refractivity contribution in [1.29, 1.82) is 0 Å². The molecular formula is C15H20INO2S. The van der Waals surface area contributed by atoms with Gasteiger partial charge in [0.25, 0.3) is 0 Å². The summed E-state index contributed by atoms with van der Waals surface area (Å²) in [4.78, 5) is 14.0. The van der Waals surface area contributed by atoms with Gasteiger partial charge in [-0.25, -0.2) is 4.79 Å². The Morgan fingerprint density at radius 1 is 1.35 bits per heavy atom. The minimum Gasteiger partial charge on any atom is -0.444 e. The smallest absolute Gasteiger partial charge is 0.410 e. The lowest BCUT2D eigenvalue weighted by Crippen LogP contribution is -2.42. The van der Waals surface area contributed by atoms with E-state index in [0.29, 0.717) is 5.25 Å². The first-order valence-electron chi connectivity index (χ1n) is 6.70. The predicted molar refractivity (Wildman–Crippen MR) is 92.2 cm³/mol. The Balaban J connectivity index is 2.01. The molecule has 20 heavy (non-hydrogen) atoms. The average molecular weight is 405 g/mol. The zero-order valence-corrected chi connectivity index (χ0v) is 15.0. The van der Waals surface area contributed by atoms with Crippen molar-refractivity contribution in [3.05, 3.63) is 33.4 Å². The molecule has 1 aliphatic rings. The molecule has 5 heteroatoms. The van der Waals surface area contributed by atoms with Crippen molar-refractivity contribution in [3.63, 3.8) is 0 Å². The Morgan fingerprint density at radius 2 is 2.00 bits per heavy atom. The highest BCUT2D eigenvalue weighted by molar-refractivity contribution is 14.1. The van der Waals surface area contributed by atoms with Gasteiger partial charge in [0.2, 0.25) is 0 Å². The lowest BCUT2D eigenvalue weighted by molar-refractivity contribution is 0.0257. The lowest BCUT2D eigenvalue weighted by Gasteiger charge is -2.34. The molecule has 1 amide bonds. The molecule has 0 aromatic heterocycles. The molecule has 1 saturated heterocycles. The van der Waals surface area contributed by atoms with Crippen molar-refractivity contribution in [2.75, 3.05) is 18.8 Å². The van der Waals surface area contributed by atoms with Crippen LogP contribution in [0.1, 0.15) is 31.6 Å². The van der Waals surface area contributed by atoms with Crippen LogP contribution in [-0.2, 0) is 4.74 Å². The molecule has 0 aliphatic carbocycles. The third-order valence-corrected chi connectivity index (χ3v) is 4.92. The number of carbonyl (C=O) groups excluding carboxylic acids is 1. The topological polar surface area (TPSA) is 29.5 Å². The van der Waals surface area contributed by atoms with E-state index < -0.39 is 5.60 Å². The van der Waals surface area contributed by atoms with Crippen LogP contribution in [0.4, 0.5) is 4.79 Å². The molecule has 0 spiro atoms. The van der Waals surface area contributed by atoms with Crippen LogP contribution in [0.3, 0.4) is 0 Å². The molecule has 1 unspecified atom stereocenters. The quantitative estimate of drug-likeness (QED) is 0.652. The molecule has 0 radical (unpaired) electrons. The van der Waals surface area contributed by atoms with E-state index in [2.05, 4.69) is 46.9 Å². The van der Waals surface area contributed by atoms with Crippen LogP contribution in [0.2, 0.25) is 0 Å². The van der Waals surface area contributed by atoms with Crippen LogP contribution in [0.25, 0.3) is 0 Å². The van der Waals surface area contributed by atoms with Crippen molar-refractivity contribution in [3.8, 4) is 0 Å². The zero-order chi connectivity index (χ0) is 14.8. The van der Waals surface area contributed by atoms with E-state index in [4.69, 9.17) is 4.74 Å². The van der Waals surface area contributed by atoms with E-state index in [1.165, 1.54) is 9.13 Å². The van der Waals surface area contributed by atoms with Crippen molar-refractivity contribution in [2.45, 2.75) is 31.6 Å². The molecule has 1 atom stereocenters. The SMILES string of the molecule is CC(C)(C)OC(=O)N1CCSC(c2ccc(I)cc2)C1. The van der Waals surface area contributed by atoms with Crippen LogP contribution in [-0.4, -0.2) is 35.4 Å². The summed E-state index contributed by atoms with van der Waals surface area (Å²) in [7, 11) is 0. The fraction of sp³-hybridized carbons (Fsp3) is 0.533. The summed E-state index contributed by atoms with van der Waals surface area (Å²) in [6, 6.07) is 8.53. The third-order valence-electron chi connectivity index (χ3n) is 2.96. The van der Waals surface area contributed by atoms with Crippen molar-refractivity contribution < 1.29 is 9.53 Å². The maximum atomic E-state index is 12.1. The van der Waals surface area contributed by atoms with Crippen molar-refractivity contribution >= 4 is 40.4 Å². The van der Waals surface area contributed by atoms with Gasteiger partial charge in [-0.3, -0.25) is 0 Å². The van der Waals surface area contributed by atoms with Crippen LogP contribution in [0, 0.1) is 3.57 Å². The summed E-state index contributed by atoms with van der Waals surface area (Å²) >= 11 is 4.21. The number of ether oxygens (including phenoxy) is 1. The summed E-state index contributed by atoms with van der Waals surface area (Å²) in [5.41, 5.74) is 0.851. The number of halogens is 1. The molecule has 0 N–H and O–H groups in total. The lowest BCUT2D eigenvalue weighted by atomic mass is 10.1. The number of benzene rings is 1. The zero-order valence-electron chi connectivity index (χ0n) is 12.1. The number of rotatable bonds is 1. The monoisotopic (exact) mass is 405 g/mol. The van der Waals surface area contributed by atoms with E-state index in [1.807, 2.05) is 37.4 Å². The first-order chi connectivity index (χ1) is 9.35. The Hall–Kier alpha value is -0.430. The van der Waals surface area contributed by atoms with Gasteiger partial charge >= 0.3 is 6.09 Å². The van der Waals surface area contributed by atoms with E-state index in [0.717, 1.165) is 18.8 Å². The van der Waals surface area contributed by atoms with Gasteiger partial charge in [0.15, 0.2) is 0 Å². The number of amides is 1. The number of hydrogen-bond acceptors (Lipinski definition) is 3. The standard InChI is InChI=1S/C15H20INO2S/c1-15(2,3)19-14(18)17-8-9-20-13(10-17)11-4-6-12(16)7-5-11/h4-7,13H,8-10H2,1-3H3. The Morgan fingerprint density at radius 3 is 2.60 bits per heavy atom. The second-order valence-corrected chi connectivity index (χ2v) is 8.39. The summed E-state index contributed by atoms with van der Waals surface area (Å²) in [6.07, 6.45) is -0.201. The molecule has 1 aliphatic heterocycles. The second kappa shape index (κ2) is 6.56. The van der Waals surface area contributed by atoms with Crippen LogP contribution in [0.5, 0.6) is 0 Å². The average Bonchev–Trinajstić information content (AvgIpc) is 2.38. The highest BCUT2D eigenvalue weighted by Crippen LogP contribution is 2.33. The van der Waals surface area contributed by atoms with Crippen LogP contribution < -0.4 is 0 Å². The minimum absolute atomic E-state index is 0.201. The Bertz CT molecular complexity index is 470. The van der Waals surface area contributed by atoms with Gasteiger partial charge in [-0.15, -0.1) is 0 Å². The highest BCUT2D eigenvalue weighted by Gasteiger charge is 2.28. The fourth-order valence-corrected chi connectivity index (χ4v) is 3.63. The van der Waals surface area contributed by atoms with Gasteiger partial charge in [0.1, 0.15) is 5.60 Å². The molecule has 0 bridgehead atoms. The fourth-order valence-electron chi connectivity index (χ4n) is 2.02. The highest BCUT2D eigenvalue weighted by atomic mass is 127. The molecule has 3 nitrogen and oxygen atoms in total. The van der Waals surface area contributed by atoms with Gasteiger partial charge in [0, 0.05) is 27.7 Å². The van der Waals surface area contributed by atoms with E-state index in [1.54, 1.807) is 0 Å². The number of hydrogen-bond donors (Lipinski definition) is 0. The van der Waals surface area contributed by atoms with Gasteiger partial charge in [-0.2, -0.15) is 11.8 Å². The largest absolute Gasteiger partial charge is 0.444 e. The Kier molecular flexibility index (Phi) is 5.23. The third kappa shape index (κ3) is 4.55. The maximum absolute atomic E-state index is 12.1. The molecule has 1 aromatic rings. The van der Waals surface area contributed by atoms with Gasteiger partial charge in [-0.05, 0) is 61.1 Å². The molecule has 1 heterocycles. The predicted octanol–water partition coefficient (Wildman–Crippen LogP) is 4.32. The molecule has 2 rings (SSSR count). The van der Waals surface area contributed by atoms with Crippen molar-refractivity contribution in [2.24, 2.45) is 0 Å². The summed E-state index contributed by atoms with van der Waals surface area (Å²) in [5.74, 6) is 0.954.